The van der Waals surface area contributed by atoms with E-state index < -0.39 is 0 Å². The maximum atomic E-state index is 11.5. The van der Waals surface area contributed by atoms with Crippen LogP contribution in [0.25, 0.3) is 0 Å². The standard InChI is InChI=1S/C16H25NO2/c1-6-19-15(18)11-12(2)17-14-10-8-7-9-13(14)16(3,4)5/h7-10,12,17H,6,11H2,1-5H3. The van der Waals surface area contributed by atoms with Crippen LogP contribution >= 0.6 is 0 Å². The van der Waals surface area contributed by atoms with Crippen molar-refractivity contribution in [3.63, 3.8) is 0 Å². The summed E-state index contributed by atoms with van der Waals surface area (Å²) in [7, 11) is 0. The van der Waals surface area contributed by atoms with Crippen molar-refractivity contribution < 1.29 is 9.53 Å². The number of ether oxygens (including phenoxy) is 1. The van der Waals surface area contributed by atoms with Gasteiger partial charge in [0.1, 0.15) is 0 Å². The highest BCUT2D eigenvalue weighted by molar-refractivity contribution is 5.71. The predicted octanol–water partition coefficient (Wildman–Crippen LogP) is 3.74. The Balaban J connectivity index is 2.74. The minimum atomic E-state index is -0.157. The van der Waals surface area contributed by atoms with E-state index in [4.69, 9.17) is 4.74 Å². The van der Waals surface area contributed by atoms with Crippen LogP contribution in [0.15, 0.2) is 24.3 Å². The first-order valence-corrected chi connectivity index (χ1v) is 6.86. The van der Waals surface area contributed by atoms with E-state index in [1.165, 1.54) is 5.56 Å². The van der Waals surface area contributed by atoms with Crippen LogP contribution < -0.4 is 5.32 Å². The highest BCUT2D eigenvalue weighted by atomic mass is 16.5. The zero-order valence-corrected chi connectivity index (χ0v) is 12.6. The summed E-state index contributed by atoms with van der Waals surface area (Å²) in [4.78, 5) is 11.5. The topological polar surface area (TPSA) is 38.3 Å². The summed E-state index contributed by atoms with van der Waals surface area (Å²) in [5.74, 6) is -0.157. The molecule has 106 valence electrons. The molecule has 0 saturated carbocycles. The molecule has 3 nitrogen and oxygen atoms in total. The van der Waals surface area contributed by atoms with Gasteiger partial charge in [-0.25, -0.2) is 0 Å². The second kappa shape index (κ2) is 6.60. The number of hydrogen-bond acceptors (Lipinski definition) is 3. The number of nitrogens with one attached hydrogen (secondary N) is 1. The van der Waals surface area contributed by atoms with Crippen LogP contribution in [0.2, 0.25) is 0 Å². The van der Waals surface area contributed by atoms with E-state index in [1.54, 1.807) is 0 Å². The van der Waals surface area contributed by atoms with Gasteiger partial charge in [0.15, 0.2) is 0 Å². The van der Waals surface area contributed by atoms with Gasteiger partial charge in [-0.2, -0.15) is 0 Å². The van der Waals surface area contributed by atoms with Crippen molar-refractivity contribution in [2.75, 3.05) is 11.9 Å². The summed E-state index contributed by atoms with van der Waals surface area (Å²) in [6.07, 6.45) is 0.381. The lowest BCUT2D eigenvalue weighted by Crippen LogP contribution is -2.23. The van der Waals surface area contributed by atoms with Crippen LogP contribution in [0.4, 0.5) is 5.69 Å². The minimum Gasteiger partial charge on any atom is -0.466 e. The number of benzene rings is 1. The second-order valence-electron chi connectivity index (χ2n) is 5.85. The van der Waals surface area contributed by atoms with Gasteiger partial charge in [-0.3, -0.25) is 4.79 Å². The van der Waals surface area contributed by atoms with E-state index in [0.717, 1.165) is 5.69 Å². The summed E-state index contributed by atoms with van der Waals surface area (Å²) >= 11 is 0. The van der Waals surface area contributed by atoms with Crippen LogP contribution in [0.5, 0.6) is 0 Å². The number of carbonyl (C=O) groups excluding carboxylic acids is 1. The third-order valence-electron chi connectivity index (χ3n) is 2.92. The third kappa shape index (κ3) is 4.93. The smallest absolute Gasteiger partial charge is 0.307 e. The van der Waals surface area contributed by atoms with Crippen LogP contribution in [-0.2, 0) is 14.9 Å². The molecule has 1 aromatic rings. The number of para-hydroxylation sites is 1. The van der Waals surface area contributed by atoms with Gasteiger partial charge in [0, 0.05) is 11.7 Å². The Bertz CT molecular complexity index is 421. The van der Waals surface area contributed by atoms with E-state index in [0.29, 0.717) is 13.0 Å². The predicted molar refractivity (Wildman–Crippen MR) is 79.5 cm³/mol. The largest absolute Gasteiger partial charge is 0.466 e. The Labute approximate surface area is 116 Å². The first-order chi connectivity index (χ1) is 8.84. The number of hydrogen-bond donors (Lipinski definition) is 1. The fourth-order valence-electron chi connectivity index (χ4n) is 2.05. The molecule has 0 bridgehead atoms. The second-order valence-corrected chi connectivity index (χ2v) is 5.85. The molecule has 1 N–H and O–H groups in total. The molecule has 19 heavy (non-hydrogen) atoms. The Morgan fingerprint density at radius 1 is 1.32 bits per heavy atom. The van der Waals surface area contributed by atoms with Crippen molar-refractivity contribution in [2.24, 2.45) is 0 Å². The lowest BCUT2D eigenvalue weighted by atomic mass is 9.85. The average Bonchev–Trinajstić information content (AvgIpc) is 2.28. The molecule has 1 atom stereocenters. The maximum absolute atomic E-state index is 11.5. The fraction of sp³-hybridized carbons (Fsp3) is 0.562. The van der Waals surface area contributed by atoms with Gasteiger partial charge in [0.25, 0.3) is 0 Å². The Kier molecular flexibility index (Phi) is 5.40. The van der Waals surface area contributed by atoms with E-state index >= 15 is 0 Å². The molecule has 0 saturated heterocycles. The van der Waals surface area contributed by atoms with E-state index in [9.17, 15) is 4.79 Å². The van der Waals surface area contributed by atoms with Gasteiger partial charge in [-0.15, -0.1) is 0 Å². The Morgan fingerprint density at radius 2 is 1.95 bits per heavy atom. The van der Waals surface area contributed by atoms with Gasteiger partial charge < -0.3 is 10.1 Å². The lowest BCUT2D eigenvalue weighted by molar-refractivity contribution is -0.143. The molecule has 0 amide bonds. The molecule has 0 aliphatic rings. The van der Waals surface area contributed by atoms with Crippen molar-refractivity contribution in [1.29, 1.82) is 0 Å². The van der Waals surface area contributed by atoms with Crippen molar-refractivity contribution in [3.05, 3.63) is 29.8 Å². The molecule has 1 aromatic carbocycles. The molecule has 0 spiro atoms. The SMILES string of the molecule is CCOC(=O)CC(C)Nc1ccccc1C(C)(C)C. The summed E-state index contributed by atoms with van der Waals surface area (Å²) in [5.41, 5.74) is 2.42. The van der Waals surface area contributed by atoms with Crippen LogP contribution in [0, 0.1) is 0 Å². The molecular formula is C16H25NO2. The molecule has 0 aliphatic heterocycles. The van der Waals surface area contributed by atoms with Crippen molar-refractivity contribution in [2.45, 2.75) is 52.5 Å². The molecule has 0 aromatic heterocycles. The van der Waals surface area contributed by atoms with Gasteiger partial charge in [0.2, 0.25) is 0 Å². The number of anilines is 1. The van der Waals surface area contributed by atoms with Gasteiger partial charge in [0.05, 0.1) is 13.0 Å². The molecule has 3 heteroatoms. The van der Waals surface area contributed by atoms with Crippen LogP contribution in [0.3, 0.4) is 0 Å². The van der Waals surface area contributed by atoms with E-state index in [1.807, 2.05) is 26.0 Å². The fourth-order valence-corrected chi connectivity index (χ4v) is 2.05. The monoisotopic (exact) mass is 263 g/mol. The zero-order valence-electron chi connectivity index (χ0n) is 12.6. The van der Waals surface area contributed by atoms with Gasteiger partial charge in [-0.05, 0) is 30.9 Å². The van der Waals surface area contributed by atoms with Crippen molar-refractivity contribution in [3.8, 4) is 0 Å². The van der Waals surface area contributed by atoms with Crippen LogP contribution in [-0.4, -0.2) is 18.6 Å². The summed E-state index contributed by atoms with van der Waals surface area (Å²) in [6, 6.07) is 8.29. The molecule has 0 aliphatic carbocycles. The number of carbonyl (C=O) groups is 1. The van der Waals surface area contributed by atoms with E-state index in [2.05, 4.69) is 38.2 Å². The quantitative estimate of drug-likeness (QED) is 0.822. The molecule has 1 rings (SSSR count). The first kappa shape index (κ1) is 15.5. The Hall–Kier alpha value is -1.51. The highest BCUT2D eigenvalue weighted by Crippen LogP contribution is 2.29. The maximum Gasteiger partial charge on any atom is 0.307 e. The zero-order chi connectivity index (χ0) is 14.5. The molecule has 0 radical (unpaired) electrons. The summed E-state index contributed by atoms with van der Waals surface area (Å²) in [6.45, 7) is 10.8. The van der Waals surface area contributed by atoms with Gasteiger partial charge >= 0.3 is 5.97 Å². The minimum absolute atomic E-state index is 0.0579. The highest BCUT2D eigenvalue weighted by Gasteiger charge is 2.19. The molecule has 0 fully saturated rings. The first-order valence-electron chi connectivity index (χ1n) is 6.86. The van der Waals surface area contributed by atoms with Crippen LogP contribution in [0.1, 0.15) is 46.6 Å². The number of esters is 1. The third-order valence-corrected chi connectivity index (χ3v) is 2.92. The molecule has 1 unspecified atom stereocenters. The Morgan fingerprint density at radius 3 is 2.53 bits per heavy atom. The number of rotatable bonds is 5. The summed E-state index contributed by atoms with van der Waals surface area (Å²) in [5, 5.41) is 3.41. The average molecular weight is 263 g/mol. The summed E-state index contributed by atoms with van der Waals surface area (Å²) < 4.78 is 4.97. The normalized spacial score (nSPS) is 12.9. The van der Waals surface area contributed by atoms with E-state index in [-0.39, 0.29) is 17.4 Å². The molecule has 0 heterocycles. The molecular weight excluding hydrogens is 238 g/mol. The van der Waals surface area contributed by atoms with Crippen molar-refractivity contribution >= 4 is 11.7 Å². The van der Waals surface area contributed by atoms with Crippen molar-refractivity contribution in [1.82, 2.24) is 0 Å². The van der Waals surface area contributed by atoms with Gasteiger partial charge in [-0.1, -0.05) is 39.0 Å². The lowest BCUT2D eigenvalue weighted by Gasteiger charge is -2.25.